The van der Waals surface area contributed by atoms with E-state index in [1.807, 2.05) is 0 Å². The largest absolute Gasteiger partial charge is 0.472 e. The highest BCUT2D eigenvalue weighted by Crippen LogP contribution is 2.45. The molecule has 0 aromatic rings. The van der Waals surface area contributed by atoms with Crippen LogP contribution < -0.4 is 0 Å². The number of hydrogen-bond acceptors (Lipinski definition) is 15. The number of aliphatic hydroxyl groups is 1. The minimum Gasteiger partial charge on any atom is -0.462 e. The van der Waals surface area contributed by atoms with Crippen LogP contribution >= 0.6 is 15.6 Å². The standard InChI is InChI=1S/C80H156O17P2/c1-8-10-11-12-13-14-15-22-26-33-42-49-56-63-79(84)97-76(68-91-78(83)62-55-48-41-36-35-39-46-53-60-73(7)9-2)70-95-99(88,89)93-66-74(81)65-92-98(86,87)94-69-75(67-90-77(82)61-54-47-40-32-29-28-31-38-45-52-59-72(5)6)96-80(85)64-57-50-43-34-27-24-21-19-17-16-18-20-23-25-30-37-44-51-58-71(3)4/h71-76,81H,8-70H2,1-7H3,(H,86,87)(H,88,89)/t73?,74-,75-,76-/m1/s1. The van der Waals surface area contributed by atoms with Gasteiger partial charge in [-0.05, 0) is 43.4 Å². The van der Waals surface area contributed by atoms with Crippen LogP contribution in [0.3, 0.4) is 0 Å². The molecule has 99 heavy (non-hydrogen) atoms. The predicted octanol–water partition coefficient (Wildman–Crippen LogP) is 23.7. The summed E-state index contributed by atoms with van der Waals surface area (Å²) in [6.07, 6.45) is 58.2. The van der Waals surface area contributed by atoms with Gasteiger partial charge in [0, 0.05) is 25.7 Å². The fourth-order valence-electron chi connectivity index (χ4n) is 12.3. The van der Waals surface area contributed by atoms with Crippen LogP contribution in [-0.2, 0) is 65.4 Å². The summed E-state index contributed by atoms with van der Waals surface area (Å²) < 4.78 is 68.7. The van der Waals surface area contributed by atoms with Gasteiger partial charge in [-0.25, -0.2) is 9.13 Å². The van der Waals surface area contributed by atoms with Gasteiger partial charge < -0.3 is 33.8 Å². The Morgan fingerprint density at radius 3 is 0.768 bits per heavy atom. The number of rotatable bonds is 78. The van der Waals surface area contributed by atoms with E-state index >= 15 is 0 Å². The molecule has 0 spiro atoms. The van der Waals surface area contributed by atoms with Crippen molar-refractivity contribution in [1.29, 1.82) is 0 Å². The summed E-state index contributed by atoms with van der Waals surface area (Å²) in [6.45, 7) is 12.0. The van der Waals surface area contributed by atoms with E-state index in [1.54, 1.807) is 0 Å². The second-order valence-electron chi connectivity index (χ2n) is 30.0. The Balaban J connectivity index is 5.23. The Morgan fingerprint density at radius 1 is 0.293 bits per heavy atom. The molecule has 0 aliphatic rings. The van der Waals surface area contributed by atoms with Crippen molar-refractivity contribution in [3.63, 3.8) is 0 Å². The average Bonchev–Trinajstić information content (AvgIpc) is 0.990. The van der Waals surface area contributed by atoms with Crippen molar-refractivity contribution in [1.82, 2.24) is 0 Å². The van der Waals surface area contributed by atoms with Crippen LogP contribution in [0.4, 0.5) is 0 Å². The zero-order valence-corrected chi connectivity index (χ0v) is 66.8. The molecule has 3 N–H and O–H groups in total. The number of aliphatic hydroxyl groups excluding tert-OH is 1. The Bertz CT molecular complexity index is 1920. The van der Waals surface area contributed by atoms with E-state index in [9.17, 15) is 43.2 Å². The molecule has 0 aromatic heterocycles. The Hall–Kier alpha value is -1.94. The minimum atomic E-state index is -4.96. The zero-order valence-electron chi connectivity index (χ0n) is 65.0. The molecule has 19 heteroatoms. The van der Waals surface area contributed by atoms with E-state index in [0.717, 1.165) is 108 Å². The van der Waals surface area contributed by atoms with E-state index in [0.29, 0.717) is 25.7 Å². The van der Waals surface area contributed by atoms with Crippen LogP contribution in [0.2, 0.25) is 0 Å². The monoisotopic (exact) mass is 1450 g/mol. The van der Waals surface area contributed by atoms with Crippen molar-refractivity contribution >= 4 is 39.5 Å². The van der Waals surface area contributed by atoms with Crippen LogP contribution in [0.15, 0.2) is 0 Å². The molecule has 17 nitrogen and oxygen atoms in total. The van der Waals surface area contributed by atoms with Crippen molar-refractivity contribution in [3.05, 3.63) is 0 Å². The summed E-state index contributed by atoms with van der Waals surface area (Å²) in [7, 11) is -9.92. The third-order valence-corrected chi connectivity index (χ3v) is 20.9. The smallest absolute Gasteiger partial charge is 0.462 e. The molecule has 0 saturated carbocycles. The fraction of sp³-hybridized carbons (Fsp3) is 0.950. The van der Waals surface area contributed by atoms with Gasteiger partial charge in [-0.15, -0.1) is 0 Å². The normalized spacial score (nSPS) is 14.3. The number of unbranched alkanes of at least 4 members (excludes halogenated alkanes) is 45. The average molecular weight is 1450 g/mol. The molecule has 0 fully saturated rings. The van der Waals surface area contributed by atoms with Gasteiger partial charge in [-0.2, -0.15) is 0 Å². The molecule has 0 rings (SSSR count). The van der Waals surface area contributed by atoms with Gasteiger partial charge in [-0.1, -0.05) is 363 Å². The molecule has 0 bridgehead atoms. The van der Waals surface area contributed by atoms with Crippen molar-refractivity contribution in [2.75, 3.05) is 39.6 Å². The van der Waals surface area contributed by atoms with E-state index in [2.05, 4.69) is 48.5 Å². The molecule has 588 valence electrons. The number of esters is 4. The Labute approximate surface area is 607 Å². The third kappa shape index (κ3) is 72.8. The summed E-state index contributed by atoms with van der Waals surface area (Å²) in [5.41, 5.74) is 0. The topological polar surface area (TPSA) is 237 Å². The number of carbonyl (C=O) groups is 4. The first kappa shape index (κ1) is 97.1. The molecule has 0 radical (unpaired) electrons. The quantitative estimate of drug-likeness (QED) is 0.0222. The maximum atomic E-state index is 13.1. The molecule has 0 aliphatic heterocycles. The molecule has 0 amide bonds. The van der Waals surface area contributed by atoms with Gasteiger partial charge in [0.15, 0.2) is 12.2 Å². The SMILES string of the molecule is CCCCCCCCCCCCCCCC(=O)O[C@H](COC(=O)CCCCCCCCCCC(C)CC)COP(=O)(O)OC[C@H](O)COP(=O)(O)OC[C@@H](COC(=O)CCCCCCCCCCCCC(C)C)OC(=O)CCCCCCCCCCCCCCCCCCCCC(C)C. The third-order valence-electron chi connectivity index (χ3n) is 19.0. The number of ether oxygens (including phenoxy) is 4. The summed E-state index contributed by atoms with van der Waals surface area (Å²) in [5.74, 6) is 0.245. The molecule has 6 atom stereocenters. The maximum absolute atomic E-state index is 13.1. The molecular weight excluding hydrogens is 1290 g/mol. The second kappa shape index (κ2) is 70.4. The molecule has 0 heterocycles. The second-order valence-corrected chi connectivity index (χ2v) is 32.9. The van der Waals surface area contributed by atoms with Crippen LogP contribution in [0, 0.1) is 17.8 Å². The van der Waals surface area contributed by atoms with Crippen LogP contribution in [0.5, 0.6) is 0 Å². The van der Waals surface area contributed by atoms with Gasteiger partial charge in [-0.3, -0.25) is 37.3 Å². The van der Waals surface area contributed by atoms with Crippen LogP contribution in [0.1, 0.15) is 414 Å². The van der Waals surface area contributed by atoms with Crippen LogP contribution in [0.25, 0.3) is 0 Å². The molecular formula is C80H156O17P2. The number of hydrogen-bond donors (Lipinski definition) is 3. The van der Waals surface area contributed by atoms with Crippen molar-refractivity contribution in [2.24, 2.45) is 17.8 Å². The molecule has 3 unspecified atom stereocenters. The first-order valence-electron chi connectivity index (χ1n) is 41.4. The van der Waals surface area contributed by atoms with Crippen molar-refractivity contribution in [3.8, 4) is 0 Å². The minimum absolute atomic E-state index is 0.107. The lowest BCUT2D eigenvalue weighted by Crippen LogP contribution is -2.30. The van der Waals surface area contributed by atoms with E-state index in [4.69, 9.17) is 37.0 Å². The summed E-state index contributed by atoms with van der Waals surface area (Å²) in [5, 5.41) is 10.6. The number of phosphoric acid groups is 2. The Morgan fingerprint density at radius 2 is 0.515 bits per heavy atom. The summed E-state index contributed by atoms with van der Waals surface area (Å²) in [4.78, 5) is 73.0. The highest BCUT2D eigenvalue weighted by Gasteiger charge is 2.30. The zero-order chi connectivity index (χ0) is 73.0. The highest BCUT2D eigenvalue weighted by molar-refractivity contribution is 7.47. The van der Waals surface area contributed by atoms with Gasteiger partial charge in [0.05, 0.1) is 26.4 Å². The van der Waals surface area contributed by atoms with E-state index in [-0.39, 0.29) is 25.7 Å². The van der Waals surface area contributed by atoms with E-state index in [1.165, 1.54) is 225 Å². The fourth-order valence-corrected chi connectivity index (χ4v) is 13.9. The lowest BCUT2D eigenvalue weighted by molar-refractivity contribution is -0.161. The summed E-state index contributed by atoms with van der Waals surface area (Å²) >= 11 is 0. The van der Waals surface area contributed by atoms with E-state index < -0.39 is 97.5 Å². The first-order chi connectivity index (χ1) is 47.8. The van der Waals surface area contributed by atoms with Gasteiger partial charge in [0.2, 0.25) is 0 Å². The first-order valence-corrected chi connectivity index (χ1v) is 44.4. The molecule has 0 aliphatic carbocycles. The van der Waals surface area contributed by atoms with Gasteiger partial charge in [0.1, 0.15) is 19.3 Å². The number of carbonyl (C=O) groups excluding carboxylic acids is 4. The lowest BCUT2D eigenvalue weighted by atomic mass is 9.99. The van der Waals surface area contributed by atoms with Crippen LogP contribution in [-0.4, -0.2) is 96.7 Å². The van der Waals surface area contributed by atoms with Gasteiger partial charge in [0.25, 0.3) is 0 Å². The van der Waals surface area contributed by atoms with Crippen molar-refractivity contribution < 1.29 is 80.2 Å². The van der Waals surface area contributed by atoms with Crippen molar-refractivity contribution in [2.45, 2.75) is 433 Å². The summed E-state index contributed by atoms with van der Waals surface area (Å²) in [6, 6.07) is 0. The molecule has 0 aromatic carbocycles. The predicted molar refractivity (Wildman–Crippen MR) is 405 cm³/mol. The lowest BCUT2D eigenvalue weighted by Gasteiger charge is -2.21. The number of phosphoric ester groups is 2. The molecule has 0 saturated heterocycles. The highest BCUT2D eigenvalue weighted by atomic mass is 31.2. The van der Waals surface area contributed by atoms with Gasteiger partial charge >= 0.3 is 39.5 Å². The maximum Gasteiger partial charge on any atom is 0.472 e. The Kier molecular flexibility index (Phi) is 69.0.